The summed E-state index contributed by atoms with van der Waals surface area (Å²) in [5, 5.41) is 10.5. The van der Waals surface area contributed by atoms with Gasteiger partial charge in [-0.3, -0.25) is 0 Å². The molecule has 0 unspecified atom stereocenters. The number of rotatable bonds is 5. The molecule has 2 aromatic rings. The molecule has 0 saturated carbocycles. The first-order chi connectivity index (χ1) is 9.12. The molecule has 98 valence electrons. The van der Waals surface area contributed by atoms with Gasteiger partial charge in [-0.05, 0) is 29.6 Å². The van der Waals surface area contributed by atoms with E-state index in [1.807, 2.05) is 6.07 Å². The van der Waals surface area contributed by atoms with Crippen molar-refractivity contribution in [3.63, 3.8) is 0 Å². The lowest BCUT2D eigenvalue weighted by atomic mass is 10.2. The van der Waals surface area contributed by atoms with Gasteiger partial charge in [-0.25, -0.2) is 8.42 Å². The SMILES string of the molecule is N#Cc1cccc(OCCS(=O)(=O)c2cccs2)c1. The zero-order valence-corrected chi connectivity index (χ0v) is 11.6. The molecule has 0 aliphatic rings. The van der Waals surface area contributed by atoms with Gasteiger partial charge in [0.2, 0.25) is 0 Å². The van der Waals surface area contributed by atoms with Gasteiger partial charge in [-0.2, -0.15) is 5.26 Å². The van der Waals surface area contributed by atoms with Crippen molar-refractivity contribution in [1.82, 2.24) is 0 Å². The number of hydrogen-bond donors (Lipinski definition) is 0. The van der Waals surface area contributed by atoms with Gasteiger partial charge in [0.15, 0.2) is 9.84 Å². The average Bonchev–Trinajstić information content (AvgIpc) is 2.93. The van der Waals surface area contributed by atoms with E-state index in [1.54, 1.807) is 41.8 Å². The van der Waals surface area contributed by atoms with Crippen LogP contribution in [0.1, 0.15) is 5.56 Å². The Kier molecular flexibility index (Phi) is 4.20. The van der Waals surface area contributed by atoms with Crippen LogP contribution < -0.4 is 4.74 Å². The van der Waals surface area contributed by atoms with Crippen LogP contribution in [0.4, 0.5) is 0 Å². The summed E-state index contributed by atoms with van der Waals surface area (Å²) in [7, 11) is -3.27. The van der Waals surface area contributed by atoms with Crippen molar-refractivity contribution in [3.05, 3.63) is 47.3 Å². The fraction of sp³-hybridized carbons (Fsp3) is 0.154. The largest absolute Gasteiger partial charge is 0.492 e. The van der Waals surface area contributed by atoms with Crippen LogP contribution in [-0.2, 0) is 9.84 Å². The first kappa shape index (κ1) is 13.6. The van der Waals surface area contributed by atoms with Gasteiger partial charge in [0.05, 0.1) is 17.4 Å². The molecule has 0 spiro atoms. The number of sulfone groups is 1. The number of thiophene rings is 1. The highest BCUT2D eigenvalue weighted by molar-refractivity contribution is 7.93. The Balaban J connectivity index is 1.95. The van der Waals surface area contributed by atoms with Crippen LogP contribution in [0.25, 0.3) is 0 Å². The second-order valence-electron chi connectivity index (χ2n) is 3.74. The van der Waals surface area contributed by atoms with Gasteiger partial charge in [0, 0.05) is 0 Å². The molecule has 0 aliphatic heterocycles. The van der Waals surface area contributed by atoms with E-state index in [9.17, 15) is 8.42 Å². The van der Waals surface area contributed by atoms with Gasteiger partial charge in [0.25, 0.3) is 0 Å². The zero-order chi connectivity index (χ0) is 13.7. The lowest BCUT2D eigenvalue weighted by molar-refractivity contribution is 0.341. The lowest BCUT2D eigenvalue weighted by Gasteiger charge is -2.06. The highest BCUT2D eigenvalue weighted by Crippen LogP contribution is 2.18. The van der Waals surface area contributed by atoms with Gasteiger partial charge in [-0.15, -0.1) is 11.3 Å². The summed E-state index contributed by atoms with van der Waals surface area (Å²) in [5.74, 6) is 0.421. The van der Waals surface area contributed by atoms with Crippen LogP contribution >= 0.6 is 11.3 Å². The summed E-state index contributed by atoms with van der Waals surface area (Å²) >= 11 is 1.20. The van der Waals surface area contributed by atoms with E-state index in [4.69, 9.17) is 10.00 Å². The molecular formula is C13H11NO3S2. The molecule has 0 atom stereocenters. The maximum Gasteiger partial charge on any atom is 0.191 e. The Morgan fingerprint density at radius 2 is 2.11 bits per heavy atom. The van der Waals surface area contributed by atoms with Crippen LogP contribution in [0.3, 0.4) is 0 Å². The summed E-state index contributed by atoms with van der Waals surface area (Å²) in [6.45, 7) is 0.0646. The minimum Gasteiger partial charge on any atom is -0.492 e. The number of hydrogen-bond acceptors (Lipinski definition) is 5. The third-order valence-corrected chi connectivity index (χ3v) is 5.55. The van der Waals surface area contributed by atoms with E-state index in [0.29, 0.717) is 15.5 Å². The molecule has 0 amide bonds. The van der Waals surface area contributed by atoms with Crippen LogP contribution in [0.2, 0.25) is 0 Å². The summed E-state index contributed by atoms with van der Waals surface area (Å²) in [5.41, 5.74) is 0.485. The fourth-order valence-corrected chi connectivity index (χ4v) is 3.71. The monoisotopic (exact) mass is 293 g/mol. The molecule has 0 aliphatic carbocycles. The zero-order valence-electron chi connectivity index (χ0n) is 9.94. The molecule has 0 bridgehead atoms. The fourth-order valence-electron chi connectivity index (χ4n) is 1.47. The van der Waals surface area contributed by atoms with Crippen LogP contribution in [-0.4, -0.2) is 20.8 Å². The first-order valence-electron chi connectivity index (χ1n) is 5.51. The Labute approximate surface area is 115 Å². The second kappa shape index (κ2) is 5.87. The average molecular weight is 293 g/mol. The topological polar surface area (TPSA) is 67.2 Å². The molecule has 1 heterocycles. The molecule has 0 N–H and O–H groups in total. The molecule has 19 heavy (non-hydrogen) atoms. The molecule has 1 aromatic carbocycles. The highest BCUT2D eigenvalue weighted by atomic mass is 32.2. The lowest BCUT2D eigenvalue weighted by Crippen LogP contribution is -2.13. The summed E-state index contributed by atoms with van der Waals surface area (Å²) in [6.07, 6.45) is 0. The maximum atomic E-state index is 11.9. The maximum absolute atomic E-state index is 11.9. The number of ether oxygens (including phenoxy) is 1. The Bertz CT molecular complexity index is 685. The summed E-state index contributed by atoms with van der Waals surface area (Å²) in [6, 6.07) is 11.9. The molecule has 0 saturated heterocycles. The van der Waals surface area contributed by atoms with E-state index in [-0.39, 0.29) is 12.4 Å². The summed E-state index contributed by atoms with van der Waals surface area (Å²) < 4.78 is 29.5. The molecular weight excluding hydrogens is 282 g/mol. The van der Waals surface area contributed by atoms with Crippen molar-refractivity contribution < 1.29 is 13.2 Å². The second-order valence-corrected chi connectivity index (χ2v) is 7.02. The van der Waals surface area contributed by atoms with E-state index in [1.165, 1.54) is 11.3 Å². The Morgan fingerprint density at radius 3 is 2.79 bits per heavy atom. The minimum atomic E-state index is -3.27. The molecule has 2 rings (SSSR count). The Morgan fingerprint density at radius 1 is 1.26 bits per heavy atom. The third-order valence-electron chi connectivity index (χ3n) is 2.39. The van der Waals surface area contributed by atoms with Crippen molar-refractivity contribution in [2.24, 2.45) is 0 Å². The van der Waals surface area contributed by atoms with E-state index in [0.717, 1.165) is 0 Å². The minimum absolute atomic E-state index is 0.0646. The van der Waals surface area contributed by atoms with Gasteiger partial charge in [0.1, 0.15) is 16.6 Å². The molecule has 4 nitrogen and oxygen atoms in total. The number of nitrogens with zero attached hydrogens (tertiary/aromatic N) is 1. The van der Waals surface area contributed by atoms with Crippen molar-refractivity contribution in [1.29, 1.82) is 5.26 Å². The van der Waals surface area contributed by atoms with Crippen molar-refractivity contribution in [2.75, 3.05) is 12.4 Å². The van der Waals surface area contributed by atoms with E-state index < -0.39 is 9.84 Å². The van der Waals surface area contributed by atoms with Crippen molar-refractivity contribution >= 4 is 21.2 Å². The third kappa shape index (κ3) is 3.56. The quantitative estimate of drug-likeness (QED) is 0.849. The molecule has 0 radical (unpaired) electrons. The van der Waals surface area contributed by atoms with Gasteiger partial charge >= 0.3 is 0 Å². The van der Waals surface area contributed by atoms with E-state index >= 15 is 0 Å². The molecule has 6 heteroatoms. The summed E-state index contributed by atoms with van der Waals surface area (Å²) in [4.78, 5) is 0. The smallest absolute Gasteiger partial charge is 0.191 e. The first-order valence-corrected chi connectivity index (χ1v) is 8.04. The molecule has 1 aromatic heterocycles. The standard InChI is InChI=1S/C13H11NO3S2/c14-10-11-3-1-4-12(9-11)17-6-8-19(15,16)13-5-2-7-18-13/h1-5,7,9H,6,8H2. The highest BCUT2D eigenvalue weighted by Gasteiger charge is 2.15. The van der Waals surface area contributed by atoms with Crippen LogP contribution in [0.15, 0.2) is 46.0 Å². The van der Waals surface area contributed by atoms with Crippen molar-refractivity contribution in [2.45, 2.75) is 4.21 Å². The predicted octanol–water partition coefficient (Wildman–Crippen LogP) is 2.47. The van der Waals surface area contributed by atoms with Gasteiger partial charge < -0.3 is 4.74 Å². The van der Waals surface area contributed by atoms with Crippen LogP contribution in [0.5, 0.6) is 5.75 Å². The van der Waals surface area contributed by atoms with Crippen LogP contribution in [0, 0.1) is 11.3 Å². The van der Waals surface area contributed by atoms with Crippen molar-refractivity contribution in [3.8, 4) is 11.8 Å². The number of benzene rings is 1. The van der Waals surface area contributed by atoms with Gasteiger partial charge in [-0.1, -0.05) is 12.1 Å². The number of nitriles is 1. The predicted molar refractivity (Wildman–Crippen MR) is 73.0 cm³/mol. The Hall–Kier alpha value is -1.84. The molecule has 0 fully saturated rings. The normalized spacial score (nSPS) is 10.9. The van der Waals surface area contributed by atoms with E-state index in [2.05, 4.69) is 0 Å².